The van der Waals surface area contributed by atoms with Gasteiger partial charge in [0.1, 0.15) is 22.5 Å². The van der Waals surface area contributed by atoms with E-state index in [1.165, 1.54) is 41.5 Å². The van der Waals surface area contributed by atoms with E-state index in [1.54, 1.807) is 5.32 Å². The number of sulfonamides is 1. The smallest absolute Gasteiger partial charge is 0.421 e. The third-order valence-corrected chi connectivity index (χ3v) is 7.23. The first kappa shape index (κ1) is 33.8. The minimum absolute atomic E-state index is 0.139. The number of hydrogen-bond donors (Lipinski definition) is 1. The van der Waals surface area contributed by atoms with Gasteiger partial charge in [0.2, 0.25) is 16.0 Å². The van der Waals surface area contributed by atoms with Crippen molar-refractivity contribution in [3.63, 3.8) is 0 Å². The molecule has 3 rings (SSSR count). The summed E-state index contributed by atoms with van der Waals surface area (Å²) >= 11 is 0. The van der Waals surface area contributed by atoms with Crippen molar-refractivity contribution in [1.29, 1.82) is 0 Å². The molecule has 15 nitrogen and oxygen atoms in total. The first-order valence-corrected chi connectivity index (χ1v) is 16.1. The average Bonchev–Trinajstić information content (AvgIpc) is 2.96. The quantitative estimate of drug-likeness (QED) is 0.330. The molecule has 2 heterocycles. The van der Waals surface area contributed by atoms with E-state index in [4.69, 9.17) is 13.6 Å². The maximum Gasteiger partial charge on any atom is 0.421 e. The van der Waals surface area contributed by atoms with E-state index >= 15 is 0 Å². The molecule has 0 atom stereocenters. The van der Waals surface area contributed by atoms with E-state index in [0.29, 0.717) is 20.3 Å². The number of anilines is 4. The molecule has 1 aromatic carbocycles. The van der Waals surface area contributed by atoms with Crippen LogP contribution in [-0.2, 0) is 32.2 Å². The predicted molar refractivity (Wildman–Crippen MR) is 173 cm³/mol. The number of benzene rings is 1. The molecule has 266 valence electrons. The molecular weight excluding hydrogens is 673 g/mol. The molecule has 19 heteroatoms. The van der Waals surface area contributed by atoms with Crippen LogP contribution in [0.5, 0.6) is 0 Å². The summed E-state index contributed by atoms with van der Waals surface area (Å²) in [6.07, 6.45) is -4.30. The van der Waals surface area contributed by atoms with Gasteiger partial charge in [0, 0.05) is 42.3 Å². The van der Waals surface area contributed by atoms with Crippen molar-refractivity contribution in [3.05, 3.63) is 59.7 Å². The molecule has 3 aromatic rings. The monoisotopic (exact) mass is 713 g/mol. The Kier molecular flexibility index (Phi) is 9.79. The van der Waals surface area contributed by atoms with Crippen molar-refractivity contribution < 1.29 is 49.6 Å². The van der Waals surface area contributed by atoms with Crippen LogP contribution in [0.1, 0.15) is 67.3 Å². The summed E-state index contributed by atoms with van der Waals surface area (Å²) in [6.45, 7) is 5.23. The zero-order valence-corrected chi connectivity index (χ0v) is 28.6. The van der Waals surface area contributed by atoms with Crippen LogP contribution in [0.25, 0.3) is 0 Å². The van der Waals surface area contributed by atoms with Crippen molar-refractivity contribution in [2.45, 2.75) is 65.5 Å². The first-order chi connectivity index (χ1) is 23.6. The molecular formula is C30H37F3N8O7S. The minimum Gasteiger partial charge on any atom is -0.443 e. The summed E-state index contributed by atoms with van der Waals surface area (Å²) in [5, 5.41) is 1.80. The Bertz CT molecular complexity index is 1920. The number of carbonyl (C=O) groups is 3. The Labute approximate surface area is 285 Å². The van der Waals surface area contributed by atoms with Gasteiger partial charge in [0.25, 0.3) is 5.91 Å². The van der Waals surface area contributed by atoms with Gasteiger partial charge in [-0.1, -0.05) is 0 Å². The number of halogens is 3. The van der Waals surface area contributed by atoms with Crippen LogP contribution in [0.2, 0.25) is 0 Å². The minimum atomic E-state index is -5.20. The van der Waals surface area contributed by atoms with Gasteiger partial charge in [0.05, 0.1) is 18.5 Å². The van der Waals surface area contributed by atoms with Crippen LogP contribution in [0.15, 0.2) is 42.9 Å². The fourth-order valence-corrected chi connectivity index (χ4v) is 4.37. The summed E-state index contributed by atoms with van der Waals surface area (Å²) in [5.41, 5.74) is -4.52. The molecule has 0 unspecified atom stereocenters. The Morgan fingerprint density at radius 3 is 2.00 bits per heavy atom. The maximum absolute atomic E-state index is 14.6. The molecule has 2 aromatic heterocycles. The van der Waals surface area contributed by atoms with Crippen LogP contribution >= 0.6 is 0 Å². The van der Waals surface area contributed by atoms with Crippen molar-refractivity contribution in [2.75, 3.05) is 34.4 Å². The number of amides is 3. The lowest BCUT2D eigenvalue weighted by Gasteiger charge is -2.30. The highest BCUT2D eigenvalue weighted by Gasteiger charge is 2.41. The summed E-state index contributed by atoms with van der Waals surface area (Å²) in [6, 6.07) is 4.61. The Balaban J connectivity index is 2.32. The third-order valence-electron chi connectivity index (χ3n) is 6.06. The lowest BCUT2D eigenvalue weighted by atomic mass is 10.2. The van der Waals surface area contributed by atoms with Gasteiger partial charge in [-0.15, -0.1) is 0 Å². The standard InChI is InChI=1S/C30H37F3N8O7S/c1-28(2,3)47-26(43)40(17-21-23(36-15-14-35-21)39(8)49(9,45)46)22-20(30(31,32)33)16-37-25(38-22)41(27(44)48-29(4,5)6)19-12-10-18(11-13-19)24(42)34-7/h10-16H,17H2,1-9H3,(H,34,42)/i7D3. The largest absolute Gasteiger partial charge is 0.443 e. The normalized spacial score (nSPS) is 13.3. The van der Waals surface area contributed by atoms with Crippen LogP contribution < -0.4 is 19.4 Å². The summed E-state index contributed by atoms with van der Waals surface area (Å²) in [7, 11) is -2.84. The highest BCUT2D eigenvalue weighted by Crippen LogP contribution is 2.38. The number of hydrogen-bond acceptors (Lipinski definition) is 11. The van der Waals surface area contributed by atoms with Gasteiger partial charge in [-0.05, 0) is 65.8 Å². The maximum atomic E-state index is 14.6. The third kappa shape index (κ3) is 9.97. The second-order valence-corrected chi connectivity index (χ2v) is 14.4. The van der Waals surface area contributed by atoms with Gasteiger partial charge in [-0.3, -0.25) is 19.0 Å². The lowest BCUT2D eigenvalue weighted by Crippen LogP contribution is -2.40. The van der Waals surface area contributed by atoms with E-state index < -0.39 is 76.3 Å². The van der Waals surface area contributed by atoms with E-state index in [2.05, 4.69) is 19.9 Å². The van der Waals surface area contributed by atoms with Crippen LogP contribution in [-0.4, -0.2) is 77.9 Å². The molecule has 0 radical (unpaired) electrons. The average molecular weight is 714 g/mol. The fourth-order valence-electron chi connectivity index (χ4n) is 3.91. The molecule has 1 N–H and O–H groups in total. The molecule has 0 aliphatic heterocycles. The highest BCUT2D eigenvalue weighted by atomic mass is 32.2. The van der Waals surface area contributed by atoms with E-state index in [0.717, 1.165) is 50.0 Å². The molecule has 0 saturated carbocycles. The second kappa shape index (κ2) is 14.2. The fraction of sp³-hybridized carbons (Fsp3) is 0.433. The van der Waals surface area contributed by atoms with Crippen molar-refractivity contribution in [1.82, 2.24) is 25.3 Å². The van der Waals surface area contributed by atoms with Gasteiger partial charge in [0.15, 0.2) is 11.6 Å². The van der Waals surface area contributed by atoms with Crippen molar-refractivity contribution in [2.24, 2.45) is 0 Å². The SMILES string of the molecule is [2H]C([2H])([2H])NC(=O)c1ccc(N(C(=O)OC(C)(C)C)c2ncc(C(F)(F)F)c(N(Cc3nccnc3N(C)S(C)(=O)=O)C(=O)OC(C)(C)C)n2)cc1. The zero-order chi connectivity index (χ0) is 39.6. The summed E-state index contributed by atoms with van der Waals surface area (Å²) < 4.78 is 102. The molecule has 0 aliphatic carbocycles. The number of nitrogens with one attached hydrogen (secondary N) is 1. The number of alkyl halides is 3. The van der Waals surface area contributed by atoms with Gasteiger partial charge < -0.3 is 14.8 Å². The number of aromatic nitrogens is 4. The Hall–Kier alpha value is -5.07. The Morgan fingerprint density at radius 1 is 0.898 bits per heavy atom. The highest BCUT2D eigenvalue weighted by molar-refractivity contribution is 7.92. The number of nitrogens with zero attached hydrogens (tertiary/aromatic N) is 7. The Morgan fingerprint density at radius 2 is 1.47 bits per heavy atom. The van der Waals surface area contributed by atoms with E-state index in [1.807, 2.05) is 0 Å². The van der Waals surface area contributed by atoms with Crippen molar-refractivity contribution in [3.8, 4) is 0 Å². The number of carbonyl (C=O) groups excluding carboxylic acids is 3. The van der Waals surface area contributed by atoms with Gasteiger partial charge in [-0.25, -0.2) is 32.9 Å². The van der Waals surface area contributed by atoms with Crippen LogP contribution in [0.4, 0.5) is 46.0 Å². The van der Waals surface area contributed by atoms with Gasteiger partial charge >= 0.3 is 18.4 Å². The first-order valence-electron chi connectivity index (χ1n) is 15.7. The van der Waals surface area contributed by atoms with E-state index in [-0.39, 0.29) is 22.8 Å². The summed E-state index contributed by atoms with van der Waals surface area (Å²) in [5.74, 6) is -3.16. The molecule has 0 aliphatic rings. The molecule has 0 fully saturated rings. The number of ether oxygens (including phenoxy) is 2. The lowest BCUT2D eigenvalue weighted by molar-refractivity contribution is -0.137. The molecule has 3 amide bonds. The number of rotatable bonds is 8. The topological polar surface area (TPSA) is 177 Å². The molecule has 49 heavy (non-hydrogen) atoms. The molecule has 0 bridgehead atoms. The van der Waals surface area contributed by atoms with E-state index in [9.17, 15) is 36.0 Å². The van der Waals surface area contributed by atoms with Crippen LogP contribution in [0.3, 0.4) is 0 Å². The molecule has 0 spiro atoms. The van der Waals surface area contributed by atoms with Gasteiger partial charge in [-0.2, -0.15) is 18.2 Å². The zero-order valence-electron chi connectivity index (χ0n) is 30.8. The van der Waals surface area contributed by atoms with Crippen molar-refractivity contribution >= 4 is 51.4 Å². The predicted octanol–water partition coefficient (Wildman–Crippen LogP) is 5.06. The molecule has 0 saturated heterocycles. The second-order valence-electron chi connectivity index (χ2n) is 12.3. The van der Waals surface area contributed by atoms with Crippen LogP contribution in [0, 0.1) is 0 Å². The summed E-state index contributed by atoms with van der Waals surface area (Å²) in [4.78, 5) is 56.7.